The summed E-state index contributed by atoms with van der Waals surface area (Å²) >= 11 is 5.76. The van der Waals surface area contributed by atoms with Gasteiger partial charge in [-0.1, -0.05) is 11.6 Å². The van der Waals surface area contributed by atoms with Gasteiger partial charge >= 0.3 is 6.18 Å². The van der Waals surface area contributed by atoms with Crippen LogP contribution in [0.2, 0.25) is 5.02 Å². The molecule has 10 heteroatoms. The molecule has 0 aliphatic carbocycles. The third kappa shape index (κ3) is 3.89. The molecular weight excluding hydrogens is 357 g/mol. The quantitative estimate of drug-likeness (QED) is 0.837. The number of alkyl halides is 3. The SMILES string of the molecule is N#CC(C#N)=C(C#N)Nc1cc(C(F)(F)F)ccc1-n1cc(Cl)cn1. The minimum Gasteiger partial charge on any atom is -0.343 e. The Morgan fingerprint density at radius 1 is 1.16 bits per heavy atom. The van der Waals surface area contributed by atoms with Gasteiger partial charge in [0.05, 0.1) is 28.2 Å². The van der Waals surface area contributed by atoms with Crippen LogP contribution in [0, 0.1) is 34.0 Å². The van der Waals surface area contributed by atoms with E-state index in [2.05, 4.69) is 10.4 Å². The molecule has 0 aliphatic rings. The highest BCUT2D eigenvalue weighted by Gasteiger charge is 2.31. The number of nitrogens with zero attached hydrogens (tertiary/aromatic N) is 5. The average Bonchev–Trinajstić information content (AvgIpc) is 3.00. The third-order valence-corrected chi connectivity index (χ3v) is 3.16. The molecule has 1 aromatic carbocycles. The number of aromatic nitrogens is 2. The predicted molar refractivity (Wildman–Crippen MR) is 81.1 cm³/mol. The van der Waals surface area contributed by atoms with Gasteiger partial charge in [-0.05, 0) is 18.2 Å². The lowest BCUT2D eigenvalue weighted by atomic mass is 10.1. The summed E-state index contributed by atoms with van der Waals surface area (Å²) in [7, 11) is 0. The van der Waals surface area contributed by atoms with Crippen LogP contribution < -0.4 is 5.32 Å². The first-order chi connectivity index (χ1) is 11.8. The van der Waals surface area contributed by atoms with Crippen molar-refractivity contribution in [3.63, 3.8) is 0 Å². The van der Waals surface area contributed by atoms with Gasteiger partial charge in [0.15, 0.2) is 5.57 Å². The summed E-state index contributed by atoms with van der Waals surface area (Å²) in [6, 6.07) is 7.29. The lowest BCUT2D eigenvalue weighted by Gasteiger charge is -2.14. The van der Waals surface area contributed by atoms with Gasteiger partial charge in [-0.25, -0.2) is 4.68 Å². The number of allylic oxidation sites excluding steroid dienone is 2. The highest BCUT2D eigenvalue weighted by molar-refractivity contribution is 6.30. The van der Waals surface area contributed by atoms with Gasteiger partial charge < -0.3 is 5.32 Å². The molecule has 124 valence electrons. The van der Waals surface area contributed by atoms with Crippen LogP contribution in [0.3, 0.4) is 0 Å². The molecule has 1 N–H and O–H groups in total. The molecule has 0 fully saturated rings. The van der Waals surface area contributed by atoms with Crippen molar-refractivity contribution in [3.8, 4) is 23.9 Å². The van der Waals surface area contributed by atoms with Crippen LogP contribution in [0.15, 0.2) is 41.9 Å². The Labute approximate surface area is 144 Å². The van der Waals surface area contributed by atoms with Crippen molar-refractivity contribution in [2.75, 3.05) is 5.32 Å². The van der Waals surface area contributed by atoms with E-state index in [1.807, 2.05) is 0 Å². The van der Waals surface area contributed by atoms with E-state index in [4.69, 9.17) is 27.4 Å². The first-order valence-electron chi connectivity index (χ1n) is 6.43. The van der Waals surface area contributed by atoms with Gasteiger partial charge in [-0.2, -0.15) is 34.1 Å². The van der Waals surface area contributed by atoms with Crippen molar-refractivity contribution in [2.45, 2.75) is 6.18 Å². The zero-order chi connectivity index (χ0) is 18.6. The molecule has 25 heavy (non-hydrogen) atoms. The van der Waals surface area contributed by atoms with Crippen LogP contribution in [-0.4, -0.2) is 9.78 Å². The van der Waals surface area contributed by atoms with Crippen LogP contribution in [0.1, 0.15) is 5.56 Å². The molecule has 0 atom stereocenters. The molecule has 2 aromatic rings. The molecule has 1 heterocycles. The van der Waals surface area contributed by atoms with E-state index in [0.717, 1.165) is 18.2 Å². The predicted octanol–water partition coefficient (Wildman–Crippen LogP) is 3.78. The minimum absolute atomic E-state index is 0.142. The highest BCUT2D eigenvalue weighted by atomic mass is 35.5. The number of nitriles is 3. The summed E-state index contributed by atoms with van der Waals surface area (Å²) in [6.07, 6.45) is -2.00. The molecule has 0 bridgehead atoms. The van der Waals surface area contributed by atoms with E-state index >= 15 is 0 Å². The van der Waals surface area contributed by atoms with Crippen LogP contribution in [-0.2, 0) is 6.18 Å². The van der Waals surface area contributed by atoms with Crippen molar-refractivity contribution < 1.29 is 13.2 Å². The van der Waals surface area contributed by atoms with E-state index < -0.39 is 23.0 Å². The lowest BCUT2D eigenvalue weighted by Crippen LogP contribution is -2.10. The summed E-state index contributed by atoms with van der Waals surface area (Å²) < 4.78 is 40.1. The van der Waals surface area contributed by atoms with Gasteiger partial charge in [-0.15, -0.1) is 0 Å². The smallest absolute Gasteiger partial charge is 0.343 e. The number of benzene rings is 1. The van der Waals surface area contributed by atoms with Crippen LogP contribution in [0.4, 0.5) is 18.9 Å². The topological polar surface area (TPSA) is 101 Å². The van der Waals surface area contributed by atoms with Crippen LogP contribution in [0.5, 0.6) is 0 Å². The average molecular weight is 363 g/mol. The molecule has 0 saturated carbocycles. The van der Waals surface area contributed by atoms with E-state index in [9.17, 15) is 13.2 Å². The first-order valence-corrected chi connectivity index (χ1v) is 6.81. The van der Waals surface area contributed by atoms with Crippen LogP contribution >= 0.6 is 11.6 Å². The summed E-state index contributed by atoms with van der Waals surface area (Å²) in [4.78, 5) is 0. The molecular formula is C15H6ClF3N6. The standard InChI is InChI=1S/C15H6ClF3N6/c16-11-7-23-25(8-11)14-2-1-10(15(17,18)19)3-12(14)24-13(6-22)9(4-20)5-21/h1-3,7-8,24H. The molecule has 0 aliphatic heterocycles. The van der Waals surface area contributed by atoms with Gasteiger partial charge in [0, 0.05) is 6.20 Å². The molecule has 0 spiro atoms. The number of hydrogen-bond acceptors (Lipinski definition) is 5. The maximum Gasteiger partial charge on any atom is 0.416 e. The maximum atomic E-state index is 13.0. The van der Waals surface area contributed by atoms with Gasteiger partial charge in [-0.3, -0.25) is 0 Å². The van der Waals surface area contributed by atoms with E-state index in [1.54, 1.807) is 6.07 Å². The molecule has 1 aromatic heterocycles. The number of anilines is 1. The molecule has 0 radical (unpaired) electrons. The van der Waals surface area contributed by atoms with Crippen molar-refractivity contribution in [3.05, 3.63) is 52.4 Å². The molecule has 6 nitrogen and oxygen atoms in total. The zero-order valence-corrected chi connectivity index (χ0v) is 12.9. The Hall–Kier alpha value is -3.48. The molecule has 2 rings (SSSR count). The molecule has 0 amide bonds. The Morgan fingerprint density at radius 2 is 1.84 bits per heavy atom. The number of halogens is 4. The Kier molecular flexibility index (Phi) is 4.97. The largest absolute Gasteiger partial charge is 0.416 e. The van der Waals surface area contributed by atoms with Crippen molar-refractivity contribution in [2.24, 2.45) is 0 Å². The van der Waals surface area contributed by atoms with Crippen LogP contribution in [0.25, 0.3) is 5.69 Å². The third-order valence-electron chi connectivity index (χ3n) is 2.97. The second kappa shape index (κ2) is 6.96. The highest BCUT2D eigenvalue weighted by Crippen LogP contribution is 2.34. The Bertz CT molecular complexity index is 953. The zero-order valence-electron chi connectivity index (χ0n) is 12.1. The second-order valence-corrected chi connectivity index (χ2v) is 4.98. The lowest BCUT2D eigenvalue weighted by molar-refractivity contribution is -0.137. The second-order valence-electron chi connectivity index (χ2n) is 4.54. The van der Waals surface area contributed by atoms with Crippen molar-refractivity contribution >= 4 is 17.3 Å². The van der Waals surface area contributed by atoms with E-state index in [-0.39, 0.29) is 16.4 Å². The normalized spacial score (nSPS) is 10.3. The number of hydrogen-bond donors (Lipinski definition) is 1. The Balaban J connectivity index is 2.64. The maximum absolute atomic E-state index is 13.0. The summed E-state index contributed by atoms with van der Waals surface area (Å²) in [5.74, 6) is 0. The fraction of sp³-hybridized carbons (Fsp3) is 0.0667. The van der Waals surface area contributed by atoms with Crippen molar-refractivity contribution in [1.82, 2.24) is 9.78 Å². The van der Waals surface area contributed by atoms with Gasteiger partial charge in [0.2, 0.25) is 0 Å². The van der Waals surface area contributed by atoms with Gasteiger partial charge in [0.1, 0.15) is 23.9 Å². The number of rotatable bonds is 3. The fourth-order valence-electron chi connectivity index (χ4n) is 1.86. The fourth-order valence-corrected chi connectivity index (χ4v) is 2.00. The number of nitrogens with one attached hydrogen (secondary N) is 1. The monoisotopic (exact) mass is 362 g/mol. The summed E-state index contributed by atoms with van der Waals surface area (Å²) in [5.41, 5.74) is -2.06. The minimum atomic E-state index is -4.62. The first kappa shape index (κ1) is 17.9. The molecule has 0 saturated heterocycles. The Morgan fingerprint density at radius 3 is 2.32 bits per heavy atom. The van der Waals surface area contributed by atoms with E-state index in [0.29, 0.717) is 0 Å². The summed E-state index contributed by atoms with van der Waals surface area (Å²) in [5, 5.41) is 33.3. The van der Waals surface area contributed by atoms with Gasteiger partial charge in [0.25, 0.3) is 0 Å². The van der Waals surface area contributed by atoms with E-state index in [1.165, 1.54) is 29.2 Å². The summed E-state index contributed by atoms with van der Waals surface area (Å²) in [6.45, 7) is 0. The van der Waals surface area contributed by atoms with Crippen molar-refractivity contribution in [1.29, 1.82) is 15.8 Å². The molecule has 0 unspecified atom stereocenters.